The number of anilines is 1. The predicted molar refractivity (Wildman–Crippen MR) is 90.9 cm³/mol. The van der Waals surface area contributed by atoms with Crippen LogP contribution in [-0.4, -0.2) is 22.6 Å². The molecule has 2 aromatic carbocycles. The van der Waals surface area contributed by atoms with Gasteiger partial charge in [-0.3, -0.25) is 4.79 Å². The highest BCUT2D eigenvalue weighted by Gasteiger charge is 2.34. The van der Waals surface area contributed by atoms with Gasteiger partial charge in [-0.2, -0.15) is 4.98 Å². The minimum atomic E-state index is -0.373. The molecule has 0 bridgehead atoms. The molecule has 1 fully saturated rings. The average Bonchev–Trinajstić information content (AvgIpc) is 3.23. The number of hydrogen-bond acceptors (Lipinski definition) is 4. The van der Waals surface area contributed by atoms with Gasteiger partial charge in [0.15, 0.2) is 5.82 Å². The number of rotatable bonds is 3. The highest BCUT2D eigenvalue weighted by molar-refractivity contribution is 6.30. The molecule has 0 N–H and O–H groups in total. The first kappa shape index (κ1) is 15.8. The van der Waals surface area contributed by atoms with Crippen molar-refractivity contribution in [3.63, 3.8) is 0 Å². The largest absolute Gasteiger partial charge is 0.334 e. The number of carbonyl (C=O) groups is 1. The Morgan fingerprint density at radius 1 is 1.20 bits per heavy atom. The maximum Gasteiger partial charge on any atom is 0.258 e. The van der Waals surface area contributed by atoms with Crippen LogP contribution in [0.4, 0.5) is 10.1 Å². The normalized spacial score (nSPS) is 17.3. The van der Waals surface area contributed by atoms with Crippen LogP contribution in [0.2, 0.25) is 5.02 Å². The smallest absolute Gasteiger partial charge is 0.258 e. The van der Waals surface area contributed by atoms with E-state index in [1.54, 1.807) is 41.3 Å². The summed E-state index contributed by atoms with van der Waals surface area (Å²) in [7, 11) is 0. The van der Waals surface area contributed by atoms with Gasteiger partial charge < -0.3 is 9.42 Å². The van der Waals surface area contributed by atoms with Crippen LogP contribution in [0.5, 0.6) is 0 Å². The van der Waals surface area contributed by atoms with Crippen LogP contribution in [0, 0.1) is 5.82 Å². The van der Waals surface area contributed by atoms with E-state index in [4.69, 9.17) is 16.1 Å². The minimum Gasteiger partial charge on any atom is -0.334 e. The van der Waals surface area contributed by atoms with E-state index in [0.29, 0.717) is 29.4 Å². The second-order valence-electron chi connectivity index (χ2n) is 5.85. The van der Waals surface area contributed by atoms with E-state index >= 15 is 0 Å². The van der Waals surface area contributed by atoms with Crippen molar-refractivity contribution in [1.29, 1.82) is 0 Å². The van der Waals surface area contributed by atoms with Gasteiger partial charge in [0.1, 0.15) is 5.82 Å². The van der Waals surface area contributed by atoms with Crippen LogP contribution in [0.3, 0.4) is 0 Å². The van der Waals surface area contributed by atoms with E-state index in [9.17, 15) is 9.18 Å². The summed E-state index contributed by atoms with van der Waals surface area (Å²) in [6.07, 6.45) is 0.296. The monoisotopic (exact) mass is 357 g/mol. The number of aromatic nitrogens is 2. The minimum absolute atomic E-state index is 0.00979. The fourth-order valence-corrected chi connectivity index (χ4v) is 3.02. The third kappa shape index (κ3) is 3.13. The molecule has 1 unspecified atom stereocenters. The number of nitrogens with zero attached hydrogens (tertiary/aromatic N) is 3. The molecule has 25 heavy (non-hydrogen) atoms. The topological polar surface area (TPSA) is 59.2 Å². The second-order valence-corrected chi connectivity index (χ2v) is 6.29. The van der Waals surface area contributed by atoms with Crippen molar-refractivity contribution in [3.8, 4) is 11.5 Å². The van der Waals surface area contributed by atoms with Crippen LogP contribution in [-0.2, 0) is 4.79 Å². The molecule has 0 spiro atoms. The van der Waals surface area contributed by atoms with E-state index in [-0.39, 0.29) is 23.5 Å². The first-order valence-corrected chi connectivity index (χ1v) is 8.13. The van der Waals surface area contributed by atoms with Crippen LogP contribution in [0.1, 0.15) is 18.2 Å². The van der Waals surface area contributed by atoms with Crippen LogP contribution in [0.15, 0.2) is 53.1 Å². The summed E-state index contributed by atoms with van der Waals surface area (Å²) in [4.78, 5) is 18.3. The molecular weight excluding hydrogens is 345 g/mol. The standard InChI is InChI=1S/C18H13ClFN3O2/c19-13-4-6-15(7-5-13)23-10-12(9-16(23)24)17-21-18(25-22-17)11-2-1-3-14(20)8-11/h1-8,12H,9-10H2. The zero-order valence-corrected chi connectivity index (χ0v) is 13.8. The van der Waals surface area contributed by atoms with E-state index < -0.39 is 0 Å². The highest BCUT2D eigenvalue weighted by Crippen LogP contribution is 2.32. The molecule has 0 saturated carbocycles. The van der Waals surface area contributed by atoms with Crippen LogP contribution in [0.25, 0.3) is 11.5 Å². The van der Waals surface area contributed by atoms with Crippen molar-refractivity contribution in [3.05, 3.63) is 65.2 Å². The fourth-order valence-electron chi connectivity index (χ4n) is 2.89. The van der Waals surface area contributed by atoms with Gasteiger partial charge in [-0.05, 0) is 42.5 Å². The maximum absolute atomic E-state index is 13.3. The molecule has 0 aliphatic carbocycles. The molecule has 0 radical (unpaired) electrons. The van der Waals surface area contributed by atoms with Crippen molar-refractivity contribution in [2.45, 2.75) is 12.3 Å². The van der Waals surface area contributed by atoms with Gasteiger partial charge in [0.25, 0.3) is 5.89 Å². The van der Waals surface area contributed by atoms with Crippen molar-refractivity contribution in [1.82, 2.24) is 10.1 Å². The van der Waals surface area contributed by atoms with Gasteiger partial charge >= 0.3 is 0 Å². The van der Waals surface area contributed by atoms with Gasteiger partial charge in [0, 0.05) is 35.2 Å². The molecule has 2 heterocycles. The summed E-state index contributed by atoms with van der Waals surface area (Å²) >= 11 is 5.89. The van der Waals surface area contributed by atoms with Gasteiger partial charge in [-0.25, -0.2) is 4.39 Å². The Balaban J connectivity index is 1.55. The Kier molecular flexibility index (Phi) is 3.97. The molecule has 1 atom stereocenters. The Morgan fingerprint density at radius 2 is 2.00 bits per heavy atom. The second kappa shape index (κ2) is 6.29. The number of benzene rings is 2. The summed E-state index contributed by atoms with van der Waals surface area (Å²) in [6, 6.07) is 13.0. The molecule has 1 aliphatic heterocycles. The van der Waals surface area contributed by atoms with Gasteiger partial charge in [-0.15, -0.1) is 0 Å². The number of halogens is 2. The SMILES string of the molecule is O=C1CC(c2noc(-c3cccc(F)c3)n2)CN1c1ccc(Cl)cc1. The predicted octanol–water partition coefficient (Wildman–Crippen LogP) is 4.05. The molecule has 1 aliphatic rings. The van der Waals surface area contributed by atoms with Crippen molar-refractivity contribution < 1.29 is 13.7 Å². The lowest BCUT2D eigenvalue weighted by Gasteiger charge is -2.16. The summed E-state index contributed by atoms with van der Waals surface area (Å²) < 4.78 is 18.6. The maximum atomic E-state index is 13.3. The first-order chi connectivity index (χ1) is 12.1. The third-order valence-corrected chi connectivity index (χ3v) is 4.39. The van der Waals surface area contributed by atoms with E-state index in [1.165, 1.54) is 12.1 Å². The molecule has 126 valence electrons. The summed E-state index contributed by atoms with van der Waals surface area (Å²) in [6.45, 7) is 0.461. The molecule has 7 heteroatoms. The lowest BCUT2D eigenvalue weighted by atomic mass is 10.1. The molecule has 5 nitrogen and oxygen atoms in total. The number of amides is 1. The Morgan fingerprint density at radius 3 is 2.76 bits per heavy atom. The molecule has 1 amide bonds. The molecule has 1 aromatic heterocycles. The summed E-state index contributed by atoms with van der Waals surface area (Å²) in [5.74, 6) is 0.136. The Bertz CT molecular complexity index is 926. The van der Waals surface area contributed by atoms with Gasteiger partial charge in [0.2, 0.25) is 5.91 Å². The van der Waals surface area contributed by atoms with Crippen LogP contribution >= 0.6 is 11.6 Å². The summed E-state index contributed by atoms with van der Waals surface area (Å²) in [5.41, 5.74) is 1.29. The van der Waals surface area contributed by atoms with E-state index in [1.807, 2.05) is 0 Å². The van der Waals surface area contributed by atoms with Crippen molar-refractivity contribution in [2.75, 3.05) is 11.4 Å². The van der Waals surface area contributed by atoms with Gasteiger partial charge in [0.05, 0.1) is 0 Å². The Hall–Kier alpha value is -2.73. The number of carbonyl (C=O) groups excluding carboxylic acids is 1. The van der Waals surface area contributed by atoms with Crippen LogP contribution < -0.4 is 4.90 Å². The molecule has 1 saturated heterocycles. The lowest BCUT2D eigenvalue weighted by Crippen LogP contribution is -2.24. The molecule has 4 rings (SSSR count). The average molecular weight is 358 g/mol. The Labute approximate surface area is 148 Å². The third-order valence-electron chi connectivity index (χ3n) is 4.14. The zero-order valence-electron chi connectivity index (χ0n) is 13.0. The summed E-state index contributed by atoms with van der Waals surface area (Å²) in [5, 5.41) is 4.59. The lowest BCUT2D eigenvalue weighted by molar-refractivity contribution is -0.117. The van der Waals surface area contributed by atoms with Gasteiger partial charge in [-0.1, -0.05) is 22.8 Å². The first-order valence-electron chi connectivity index (χ1n) is 7.75. The highest BCUT2D eigenvalue weighted by atomic mass is 35.5. The quantitative estimate of drug-likeness (QED) is 0.709. The van der Waals surface area contributed by atoms with E-state index in [2.05, 4.69) is 10.1 Å². The molecule has 3 aromatic rings. The number of hydrogen-bond donors (Lipinski definition) is 0. The van der Waals surface area contributed by atoms with Crippen molar-refractivity contribution >= 4 is 23.2 Å². The molecular formula is C18H13ClFN3O2. The fraction of sp³-hybridized carbons (Fsp3) is 0.167. The van der Waals surface area contributed by atoms with Crippen molar-refractivity contribution in [2.24, 2.45) is 0 Å². The van der Waals surface area contributed by atoms with E-state index in [0.717, 1.165) is 5.69 Å². The zero-order chi connectivity index (χ0) is 17.4.